The Morgan fingerprint density at radius 3 is 2.97 bits per heavy atom. The van der Waals surface area contributed by atoms with E-state index in [2.05, 4.69) is 17.2 Å². The fourth-order valence-electron chi connectivity index (χ4n) is 3.58. The third-order valence-corrected chi connectivity index (χ3v) is 6.52. The number of rotatable bonds is 6. The van der Waals surface area contributed by atoms with Gasteiger partial charge >= 0.3 is 0 Å². The van der Waals surface area contributed by atoms with Gasteiger partial charge in [0.05, 0.1) is 18.3 Å². The standard InChI is InChI=1S/C21H22ClN3O3S/c1-13-2-7-16-17(10-13)29-20-19(16)21(27)25(12-24-20)11-18(26)23-8-9-28-15-5-3-14(22)4-6-15/h3-6,12-13H,2,7-11H2,1H3,(H,23,26). The van der Waals surface area contributed by atoms with Crippen molar-refractivity contribution in [3.8, 4) is 5.75 Å². The summed E-state index contributed by atoms with van der Waals surface area (Å²) in [6.07, 6.45) is 4.47. The Balaban J connectivity index is 1.37. The van der Waals surface area contributed by atoms with Gasteiger partial charge in [-0.1, -0.05) is 18.5 Å². The largest absolute Gasteiger partial charge is 0.492 e. The Bertz CT molecular complexity index is 1090. The van der Waals surface area contributed by atoms with Crippen molar-refractivity contribution in [2.75, 3.05) is 13.2 Å². The van der Waals surface area contributed by atoms with E-state index >= 15 is 0 Å². The maximum Gasteiger partial charge on any atom is 0.262 e. The first-order valence-corrected chi connectivity index (χ1v) is 10.9. The zero-order chi connectivity index (χ0) is 20.4. The number of fused-ring (bicyclic) bond motifs is 3. The van der Waals surface area contributed by atoms with Crippen molar-refractivity contribution in [2.45, 2.75) is 32.7 Å². The molecule has 29 heavy (non-hydrogen) atoms. The molecule has 0 bridgehead atoms. The number of ether oxygens (including phenoxy) is 1. The molecule has 1 amide bonds. The average Bonchev–Trinajstić information content (AvgIpc) is 3.07. The lowest BCUT2D eigenvalue weighted by atomic mass is 9.89. The molecule has 0 saturated carbocycles. The normalized spacial score (nSPS) is 15.9. The monoisotopic (exact) mass is 431 g/mol. The summed E-state index contributed by atoms with van der Waals surface area (Å²) in [5.41, 5.74) is 1.00. The first-order valence-electron chi connectivity index (χ1n) is 9.66. The van der Waals surface area contributed by atoms with Crippen molar-refractivity contribution >= 4 is 39.1 Å². The minimum Gasteiger partial charge on any atom is -0.492 e. The average molecular weight is 432 g/mol. The number of nitrogens with one attached hydrogen (secondary N) is 1. The highest BCUT2D eigenvalue weighted by Crippen LogP contribution is 2.35. The number of aryl methyl sites for hydroxylation is 1. The maximum absolute atomic E-state index is 12.9. The number of hydrogen-bond donors (Lipinski definition) is 1. The van der Waals surface area contributed by atoms with Crippen LogP contribution >= 0.6 is 22.9 Å². The van der Waals surface area contributed by atoms with Crippen LogP contribution in [0.2, 0.25) is 5.02 Å². The lowest BCUT2D eigenvalue weighted by Gasteiger charge is -2.17. The molecule has 0 spiro atoms. The summed E-state index contributed by atoms with van der Waals surface area (Å²) in [7, 11) is 0. The number of halogens is 1. The Hall–Kier alpha value is -2.38. The third-order valence-electron chi connectivity index (χ3n) is 5.10. The summed E-state index contributed by atoms with van der Waals surface area (Å²) < 4.78 is 6.94. The van der Waals surface area contributed by atoms with Gasteiger partial charge in [0.1, 0.15) is 23.7 Å². The number of aromatic nitrogens is 2. The molecule has 6 nitrogen and oxygen atoms in total. The molecule has 1 aromatic carbocycles. The van der Waals surface area contributed by atoms with Gasteiger partial charge in [-0.05, 0) is 55.0 Å². The van der Waals surface area contributed by atoms with Crippen LogP contribution in [-0.2, 0) is 24.2 Å². The van der Waals surface area contributed by atoms with Gasteiger partial charge in [0.15, 0.2) is 0 Å². The van der Waals surface area contributed by atoms with Crippen LogP contribution in [0.25, 0.3) is 10.2 Å². The van der Waals surface area contributed by atoms with Gasteiger partial charge in [-0.25, -0.2) is 4.98 Å². The van der Waals surface area contributed by atoms with Crippen LogP contribution in [-0.4, -0.2) is 28.6 Å². The zero-order valence-electron chi connectivity index (χ0n) is 16.1. The van der Waals surface area contributed by atoms with Crippen LogP contribution in [0.5, 0.6) is 5.75 Å². The first-order chi connectivity index (χ1) is 14.0. The molecule has 152 valence electrons. The molecule has 3 aromatic rings. The molecular weight excluding hydrogens is 410 g/mol. The summed E-state index contributed by atoms with van der Waals surface area (Å²) in [4.78, 5) is 31.7. The zero-order valence-corrected chi connectivity index (χ0v) is 17.7. The molecule has 0 saturated heterocycles. The molecule has 1 unspecified atom stereocenters. The van der Waals surface area contributed by atoms with Crippen LogP contribution in [0.3, 0.4) is 0 Å². The molecular formula is C21H22ClN3O3S. The summed E-state index contributed by atoms with van der Waals surface area (Å²) in [6.45, 7) is 2.86. The summed E-state index contributed by atoms with van der Waals surface area (Å²) >= 11 is 7.45. The number of hydrogen-bond acceptors (Lipinski definition) is 5. The fraction of sp³-hybridized carbons (Fsp3) is 0.381. The molecule has 2 aromatic heterocycles. The number of carbonyl (C=O) groups is 1. The molecule has 0 radical (unpaired) electrons. The molecule has 4 rings (SSSR count). The summed E-state index contributed by atoms with van der Waals surface area (Å²) in [5.74, 6) is 1.08. The second-order valence-electron chi connectivity index (χ2n) is 7.36. The molecule has 0 fully saturated rings. The van der Waals surface area contributed by atoms with Gasteiger partial charge in [0, 0.05) is 9.90 Å². The quantitative estimate of drug-likeness (QED) is 0.607. The van der Waals surface area contributed by atoms with Gasteiger partial charge in [-0.15, -0.1) is 11.3 Å². The number of carbonyl (C=O) groups excluding carboxylic acids is 1. The SMILES string of the molecule is CC1CCc2c(sc3ncn(CC(=O)NCCOc4ccc(Cl)cc4)c(=O)c23)C1. The highest BCUT2D eigenvalue weighted by atomic mass is 35.5. The van der Waals surface area contributed by atoms with Gasteiger partial charge in [-0.3, -0.25) is 14.2 Å². The number of amides is 1. The van der Waals surface area contributed by atoms with E-state index in [4.69, 9.17) is 16.3 Å². The van der Waals surface area contributed by atoms with Crippen molar-refractivity contribution in [2.24, 2.45) is 5.92 Å². The maximum atomic E-state index is 12.9. The fourth-order valence-corrected chi connectivity index (χ4v) is 5.05. The number of benzene rings is 1. The topological polar surface area (TPSA) is 73.2 Å². The van der Waals surface area contributed by atoms with Gasteiger partial charge in [-0.2, -0.15) is 0 Å². The third kappa shape index (κ3) is 4.46. The van der Waals surface area contributed by atoms with E-state index in [-0.39, 0.29) is 18.0 Å². The molecule has 1 aliphatic rings. The predicted molar refractivity (Wildman–Crippen MR) is 115 cm³/mol. The van der Waals surface area contributed by atoms with Gasteiger partial charge < -0.3 is 10.1 Å². The lowest BCUT2D eigenvalue weighted by molar-refractivity contribution is -0.121. The highest BCUT2D eigenvalue weighted by molar-refractivity contribution is 7.18. The Morgan fingerprint density at radius 1 is 1.38 bits per heavy atom. The molecule has 8 heteroatoms. The molecule has 1 N–H and O–H groups in total. The van der Waals surface area contributed by atoms with Crippen LogP contribution in [0, 0.1) is 5.92 Å². The Labute approximate surface area is 177 Å². The van der Waals surface area contributed by atoms with Crippen LogP contribution in [0.4, 0.5) is 0 Å². The number of thiophene rings is 1. The minimum absolute atomic E-state index is 0.0518. The minimum atomic E-state index is -0.245. The molecule has 1 atom stereocenters. The van der Waals surface area contributed by atoms with Crippen LogP contribution < -0.4 is 15.6 Å². The van der Waals surface area contributed by atoms with Crippen LogP contribution in [0.1, 0.15) is 23.8 Å². The van der Waals surface area contributed by atoms with Crippen molar-refractivity contribution < 1.29 is 9.53 Å². The summed E-state index contributed by atoms with van der Waals surface area (Å²) in [5, 5.41) is 4.11. The van der Waals surface area contributed by atoms with E-state index in [1.807, 2.05) is 0 Å². The van der Waals surface area contributed by atoms with Crippen molar-refractivity contribution in [3.63, 3.8) is 0 Å². The van der Waals surface area contributed by atoms with Crippen molar-refractivity contribution in [1.29, 1.82) is 0 Å². The van der Waals surface area contributed by atoms with E-state index in [1.54, 1.807) is 35.6 Å². The molecule has 1 aliphatic carbocycles. The van der Waals surface area contributed by atoms with Crippen molar-refractivity contribution in [3.05, 3.63) is 56.4 Å². The highest BCUT2D eigenvalue weighted by Gasteiger charge is 2.23. The van der Waals surface area contributed by atoms with E-state index in [1.165, 1.54) is 15.8 Å². The Morgan fingerprint density at radius 2 is 2.17 bits per heavy atom. The van der Waals surface area contributed by atoms with Gasteiger partial charge in [0.2, 0.25) is 5.91 Å². The van der Waals surface area contributed by atoms with E-state index in [9.17, 15) is 9.59 Å². The first kappa shape index (κ1) is 19.9. The number of nitrogens with zero attached hydrogens (tertiary/aromatic N) is 2. The molecule has 2 heterocycles. The Kier molecular flexibility index (Phi) is 5.87. The van der Waals surface area contributed by atoms with E-state index < -0.39 is 0 Å². The van der Waals surface area contributed by atoms with Crippen molar-refractivity contribution in [1.82, 2.24) is 14.9 Å². The lowest BCUT2D eigenvalue weighted by Crippen LogP contribution is -2.34. The smallest absolute Gasteiger partial charge is 0.262 e. The van der Waals surface area contributed by atoms with E-state index in [0.717, 1.165) is 29.7 Å². The van der Waals surface area contributed by atoms with Crippen LogP contribution in [0.15, 0.2) is 35.4 Å². The predicted octanol–water partition coefficient (Wildman–Crippen LogP) is 3.43. The molecule has 0 aliphatic heterocycles. The summed E-state index contributed by atoms with van der Waals surface area (Å²) in [6, 6.07) is 7.03. The van der Waals surface area contributed by atoms with Gasteiger partial charge in [0.25, 0.3) is 5.56 Å². The van der Waals surface area contributed by atoms with E-state index in [0.29, 0.717) is 35.2 Å². The second-order valence-corrected chi connectivity index (χ2v) is 8.88. The second kappa shape index (κ2) is 8.55.